The molecule has 0 bridgehead atoms. The van der Waals surface area contributed by atoms with E-state index in [1.165, 1.54) is 19.1 Å². The van der Waals surface area contributed by atoms with Gasteiger partial charge in [-0.15, -0.1) is 0 Å². The van der Waals surface area contributed by atoms with Crippen LogP contribution in [0, 0.1) is 22.0 Å². The molecule has 0 saturated carbocycles. The third-order valence-electron chi connectivity index (χ3n) is 3.18. The first kappa shape index (κ1) is 19.0. The molecule has 8 heteroatoms. The number of anilines is 1. The van der Waals surface area contributed by atoms with Gasteiger partial charge in [-0.25, -0.2) is 0 Å². The lowest BCUT2D eigenvalue weighted by molar-refractivity contribution is -0.384. The summed E-state index contributed by atoms with van der Waals surface area (Å²) >= 11 is 5.91. The fraction of sp³-hybridized carbons (Fsp3) is 0.111. The summed E-state index contributed by atoms with van der Waals surface area (Å²) < 4.78 is 0. The van der Waals surface area contributed by atoms with Gasteiger partial charge in [-0.2, -0.15) is 0 Å². The van der Waals surface area contributed by atoms with Crippen molar-refractivity contribution in [3.63, 3.8) is 0 Å². The van der Waals surface area contributed by atoms with Crippen molar-refractivity contribution in [2.24, 2.45) is 0 Å². The number of carbonyl (C=O) groups is 2. The third-order valence-corrected chi connectivity index (χ3v) is 3.51. The molecule has 2 rings (SSSR count). The van der Waals surface area contributed by atoms with Gasteiger partial charge in [-0.3, -0.25) is 19.7 Å². The first-order chi connectivity index (χ1) is 12.4. The summed E-state index contributed by atoms with van der Waals surface area (Å²) in [4.78, 5) is 33.2. The van der Waals surface area contributed by atoms with E-state index in [0.29, 0.717) is 11.3 Å². The van der Waals surface area contributed by atoms with Gasteiger partial charge in [-0.1, -0.05) is 23.4 Å². The lowest BCUT2D eigenvalue weighted by Crippen LogP contribution is -2.24. The number of non-ortho nitro benzene ring substituents is 1. The molecule has 0 saturated heterocycles. The minimum atomic E-state index is -0.600. The van der Waals surface area contributed by atoms with Crippen LogP contribution in [0.15, 0.2) is 42.5 Å². The Hall–Kier alpha value is -3.37. The van der Waals surface area contributed by atoms with E-state index in [0.717, 1.165) is 6.07 Å². The Morgan fingerprint density at radius 2 is 1.88 bits per heavy atom. The van der Waals surface area contributed by atoms with Crippen LogP contribution in [0.4, 0.5) is 11.4 Å². The van der Waals surface area contributed by atoms with Crippen molar-refractivity contribution in [1.29, 1.82) is 0 Å². The molecular formula is C18H14ClN3O4. The Morgan fingerprint density at radius 1 is 1.19 bits per heavy atom. The number of halogens is 1. The number of nitrogens with one attached hydrogen (secondary N) is 2. The van der Waals surface area contributed by atoms with Gasteiger partial charge in [0.1, 0.15) is 0 Å². The van der Waals surface area contributed by atoms with E-state index in [1.54, 1.807) is 24.3 Å². The van der Waals surface area contributed by atoms with Crippen LogP contribution in [0.1, 0.15) is 22.8 Å². The fourth-order valence-electron chi connectivity index (χ4n) is 2.01. The maximum absolute atomic E-state index is 12.1. The number of hydrogen-bond acceptors (Lipinski definition) is 4. The molecule has 0 spiro atoms. The SMILES string of the molecule is CC(=O)Nc1ccc(C#CCNC(=O)c2cc([N+](=O)[O-])ccc2Cl)cc1. The quantitative estimate of drug-likeness (QED) is 0.490. The molecule has 0 aliphatic rings. The molecule has 0 fully saturated rings. The first-order valence-corrected chi connectivity index (χ1v) is 7.83. The smallest absolute Gasteiger partial charge is 0.270 e. The lowest BCUT2D eigenvalue weighted by atomic mass is 10.2. The van der Waals surface area contributed by atoms with Crippen LogP contribution in [0.5, 0.6) is 0 Å². The highest BCUT2D eigenvalue weighted by Gasteiger charge is 2.15. The summed E-state index contributed by atoms with van der Waals surface area (Å²) in [7, 11) is 0. The van der Waals surface area contributed by atoms with Crippen LogP contribution in [0.3, 0.4) is 0 Å². The predicted molar refractivity (Wildman–Crippen MR) is 98.1 cm³/mol. The number of nitro benzene ring substituents is 1. The van der Waals surface area contributed by atoms with E-state index < -0.39 is 10.8 Å². The Labute approximate surface area is 154 Å². The molecule has 0 heterocycles. The van der Waals surface area contributed by atoms with Crippen molar-refractivity contribution in [1.82, 2.24) is 5.32 Å². The summed E-state index contributed by atoms with van der Waals surface area (Å²) in [5.41, 5.74) is 1.17. The highest BCUT2D eigenvalue weighted by Crippen LogP contribution is 2.21. The summed E-state index contributed by atoms with van der Waals surface area (Å²) in [6.07, 6.45) is 0. The van der Waals surface area contributed by atoms with Gasteiger partial charge in [0.05, 0.1) is 22.1 Å². The molecule has 2 aromatic carbocycles. The number of amides is 2. The van der Waals surface area contributed by atoms with Crippen molar-refractivity contribution >= 4 is 34.8 Å². The normalized spacial score (nSPS) is 9.62. The molecule has 0 aliphatic heterocycles. The molecule has 0 unspecified atom stereocenters. The van der Waals surface area contributed by atoms with Crippen LogP contribution in [0.2, 0.25) is 5.02 Å². The van der Waals surface area contributed by atoms with Crippen LogP contribution in [0.25, 0.3) is 0 Å². The second-order valence-electron chi connectivity index (χ2n) is 5.16. The second kappa shape index (κ2) is 8.65. The molecule has 0 aromatic heterocycles. The molecule has 2 amide bonds. The van der Waals surface area contributed by atoms with Crippen molar-refractivity contribution in [2.75, 3.05) is 11.9 Å². The van der Waals surface area contributed by atoms with Gasteiger partial charge < -0.3 is 10.6 Å². The van der Waals surface area contributed by atoms with E-state index in [2.05, 4.69) is 22.5 Å². The maximum Gasteiger partial charge on any atom is 0.270 e. The fourth-order valence-corrected chi connectivity index (χ4v) is 2.21. The van der Waals surface area contributed by atoms with Gasteiger partial charge >= 0.3 is 0 Å². The van der Waals surface area contributed by atoms with Crippen LogP contribution in [-0.2, 0) is 4.79 Å². The number of carbonyl (C=O) groups excluding carboxylic acids is 2. The van der Waals surface area contributed by atoms with Crippen molar-refractivity contribution in [3.05, 3.63) is 68.7 Å². The number of nitro groups is 1. The molecule has 0 aliphatic carbocycles. The Balaban J connectivity index is 1.97. The van der Waals surface area contributed by atoms with Crippen molar-refractivity contribution < 1.29 is 14.5 Å². The zero-order valence-corrected chi connectivity index (χ0v) is 14.5. The molecular weight excluding hydrogens is 358 g/mol. The van der Waals surface area contributed by atoms with Crippen LogP contribution >= 0.6 is 11.6 Å². The monoisotopic (exact) mass is 371 g/mol. The summed E-state index contributed by atoms with van der Waals surface area (Å²) in [6, 6.07) is 10.5. The highest BCUT2D eigenvalue weighted by atomic mass is 35.5. The minimum Gasteiger partial charge on any atom is -0.341 e. The number of rotatable bonds is 4. The number of nitrogens with zero attached hydrogens (tertiary/aromatic N) is 1. The Morgan fingerprint density at radius 3 is 2.50 bits per heavy atom. The molecule has 132 valence electrons. The van der Waals surface area contributed by atoms with Gasteiger partial charge in [0.25, 0.3) is 11.6 Å². The van der Waals surface area contributed by atoms with Gasteiger partial charge in [0.15, 0.2) is 0 Å². The van der Waals surface area contributed by atoms with E-state index >= 15 is 0 Å². The second-order valence-corrected chi connectivity index (χ2v) is 5.57. The molecule has 0 atom stereocenters. The predicted octanol–water partition coefficient (Wildman–Crippen LogP) is 2.99. The molecule has 2 aromatic rings. The topological polar surface area (TPSA) is 101 Å². The number of hydrogen-bond donors (Lipinski definition) is 2. The summed E-state index contributed by atoms with van der Waals surface area (Å²) in [5.74, 6) is 4.92. The van der Waals surface area contributed by atoms with Gasteiger partial charge in [-0.05, 0) is 30.3 Å². The minimum absolute atomic E-state index is 0.0160. The van der Waals surface area contributed by atoms with E-state index in [9.17, 15) is 19.7 Å². The van der Waals surface area contributed by atoms with Crippen molar-refractivity contribution in [2.45, 2.75) is 6.92 Å². The van der Waals surface area contributed by atoms with E-state index in [1.807, 2.05) is 0 Å². The maximum atomic E-state index is 12.1. The van der Waals surface area contributed by atoms with Crippen LogP contribution in [-0.4, -0.2) is 23.3 Å². The summed E-state index contributed by atoms with van der Waals surface area (Å²) in [6.45, 7) is 1.47. The van der Waals surface area contributed by atoms with E-state index in [4.69, 9.17) is 11.6 Å². The number of benzene rings is 2. The Bertz CT molecular complexity index is 914. The average Bonchev–Trinajstić information content (AvgIpc) is 2.59. The molecule has 0 radical (unpaired) electrons. The zero-order valence-electron chi connectivity index (χ0n) is 13.7. The molecule has 2 N–H and O–H groups in total. The summed E-state index contributed by atoms with van der Waals surface area (Å²) in [5, 5.41) is 16.1. The highest BCUT2D eigenvalue weighted by molar-refractivity contribution is 6.33. The standard InChI is InChI=1S/C18H14ClN3O4/c1-12(23)21-14-6-4-13(5-7-14)3-2-10-20-18(24)16-11-15(22(25)26)8-9-17(16)19/h4-9,11H,10H2,1H3,(H,20,24)(H,21,23). The lowest BCUT2D eigenvalue weighted by Gasteiger charge is -2.03. The average molecular weight is 372 g/mol. The van der Waals surface area contributed by atoms with Gasteiger partial charge in [0.2, 0.25) is 5.91 Å². The van der Waals surface area contributed by atoms with E-state index in [-0.39, 0.29) is 28.7 Å². The largest absolute Gasteiger partial charge is 0.341 e. The molecule has 26 heavy (non-hydrogen) atoms. The van der Waals surface area contributed by atoms with Crippen LogP contribution < -0.4 is 10.6 Å². The first-order valence-electron chi connectivity index (χ1n) is 7.45. The Kier molecular flexibility index (Phi) is 6.31. The van der Waals surface area contributed by atoms with Gasteiger partial charge in [0, 0.05) is 30.3 Å². The third kappa shape index (κ3) is 5.33. The van der Waals surface area contributed by atoms with Crippen molar-refractivity contribution in [3.8, 4) is 11.8 Å². The zero-order chi connectivity index (χ0) is 19.1. The molecule has 7 nitrogen and oxygen atoms in total.